The van der Waals surface area contributed by atoms with Crippen LogP contribution in [-0.2, 0) is 20.0 Å². The minimum absolute atomic E-state index is 0.0883. The van der Waals surface area contributed by atoms with Gasteiger partial charge >= 0.3 is 5.97 Å². The Morgan fingerprint density at radius 2 is 2.05 bits per heavy atom. The molecule has 0 bridgehead atoms. The van der Waals surface area contributed by atoms with E-state index in [1.807, 2.05) is 0 Å². The summed E-state index contributed by atoms with van der Waals surface area (Å²) in [7, 11) is -3.21. The summed E-state index contributed by atoms with van der Waals surface area (Å²) in [5, 5.41) is 9.71. The predicted molar refractivity (Wildman–Crippen MR) is 79.4 cm³/mol. The van der Waals surface area contributed by atoms with E-state index in [1.165, 1.54) is 0 Å². The number of carboxylic acid groups (broad SMARTS) is 1. The zero-order chi connectivity index (χ0) is 15.5. The number of ether oxygens (including phenoxy) is 1. The van der Waals surface area contributed by atoms with E-state index in [0.29, 0.717) is 24.2 Å². The van der Waals surface area contributed by atoms with Crippen LogP contribution >= 0.6 is 0 Å². The van der Waals surface area contributed by atoms with Crippen LogP contribution in [0.1, 0.15) is 31.7 Å². The van der Waals surface area contributed by atoms with Gasteiger partial charge in [-0.2, -0.15) is 0 Å². The van der Waals surface area contributed by atoms with Crippen molar-refractivity contribution in [1.82, 2.24) is 0 Å². The Hall–Kier alpha value is -1.56. The molecule has 0 saturated heterocycles. The number of rotatable bonds is 6. The minimum Gasteiger partial charge on any atom is -0.493 e. The number of hydrogen-bond donors (Lipinski definition) is 1. The molecule has 1 atom stereocenters. The zero-order valence-corrected chi connectivity index (χ0v) is 12.9. The maximum atomic E-state index is 11.9. The molecule has 0 saturated carbocycles. The van der Waals surface area contributed by atoms with E-state index in [9.17, 15) is 18.3 Å². The van der Waals surface area contributed by atoms with Crippen LogP contribution in [-0.4, -0.2) is 37.6 Å². The summed E-state index contributed by atoms with van der Waals surface area (Å²) < 4.78 is 29.3. The average Bonchev–Trinajstić information content (AvgIpc) is 2.45. The number of sulfone groups is 1. The lowest BCUT2D eigenvalue weighted by Gasteiger charge is -2.35. The molecule has 0 fully saturated rings. The molecule has 0 radical (unpaired) electrons. The molecule has 21 heavy (non-hydrogen) atoms. The van der Waals surface area contributed by atoms with E-state index in [1.54, 1.807) is 31.2 Å². The summed E-state index contributed by atoms with van der Waals surface area (Å²) in [6, 6.07) is 6.98. The van der Waals surface area contributed by atoms with Crippen molar-refractivity contribution in [2.75, 3.05) is 18.1 Å². The first-order valence-electron chi connectivity index (χ1n) is 7.07. The summed E-state index contributed by atoms with van der Waals surface area (Å²) in [6.45, 7) is 2.09. The van der Waals surface area contributed by atoms with Crippen molar-refractivity contribution in [3.8, 4) is 5.75 Å². The van der Waals surface area contributed by atoms with Crippen molar-refractivity contribution in [2.45, 2.75) is 31.6 Å². The molecule has 5 nitrogen and oxygen atoms in total. The quantitative estimate of drug-likeness (QED) is 0.869. The Labute approximate surface area is 124 Å². The van der Waals surface area contributed by atoms with Crippen molar-refractivity contribution in [2.24, 2.45) is 0 Å². The van der Waals surface area contributed by atoms with E-state index in [2.05, 4.69) is 0 Å². The second-order valence-electron chi connectivity index (χ2n) is 5.38. The van der Waals surface area contributed by atoms with E-state index in [4.69, 9.17) is 4.74 Å². The normalized spacial score (nSPS) is 21.4. The van der Waals surface area contributed by atoms with Crippen LogP contribution < -0.4 is 4.74 Å². The van der Waals surface area contributed by atoms with Gasteiger partial charge in [0.25, 0.3) is 0 Å². The molecule has 1 unspecified atom stereocenters. The van der Waals surface area contributed by atoms with Gasteiger partial charge in [0.1, 0.15) is 21.0 Å². The first-order valence-corrected chi connectivity index (χ1v) is 8.89. The van der Waals surface area contributed by atoms with Gasteiger partial charge in [0, 0.05) is 17.7 Å². The molecular weight excluding hydrogens is 292 g/mol. The highest BCUT2D eigenvalue weighted by Crippen LogP contribution is 2.41. The van der Waals surface area contributed by atoms with Gasteiger partial charge in [-0.1, -0.05) is 25.1 Å². The summed E-state index contributed by atoms with van der Waals surface area (Å²) in [5.41, 5.74) is -0.592. The highest BCUT2D eigenvalue weighted by Gasteiger charge is 2.45. The maximum absolute atomic E-state index is 11.9. The third-order valence-electron chi connectivity index (χ3n) is 3.95. The summed E-state index contributed by atoms with van der Waals surface area (Å²) in [6.07, 6.45) is 0.925. The zero-order valence-electron chi connectivity index (χ0n) is 12.0. The predicted octanol–water partition coefficient (Wildman–Crippen LogP) is 2.01. The molecule has 1 heterocycles. The second kappa shape index (κ2) is 6.05. The van der Waals surface area contributed by atoms with Gasteiger partial charge in [0.2, 0.25) is 0 Å². The van der Waals surface area contributed by atoms with Gasteiger partial charge in [-0.25, -0.2) is 8.42 Å². The van der Waals surface area contributed by atoms with Gasteiger partial charge in [-0.15, -0.1) is 0 Å². The Morgan fingerprint density at radius 3 is 2.71 bits per heavy atom. The molecule has 0 amide bonds. The molecule has 1 aromatic carbocycles. The molecule has 1 aliphatic heterocycles. The number of hydrogen-bond acceptors (Lipinski definition) is 4. The fourth-order valence-corrected chi connectivity index (χ4v) is 4.27. The van der Waals surface area contributed by atoms with Crippen molar-refractivity contribution in [3.05, 3.63) is 29.8 Å². The molecule has 0 aromatic heterocycles. The van der Waals surface area contributed by atoms with Crippen LogP contribution in [0.25, 0.3) is 0 Å². The fourth-order valence-electron chi connectivity index (χ4n) is 2.79. The lowest BCUT2D eigenvalue weighted by atomic mass is 9.74. The van der Waals surface area contributed by atoms with Gasteiger partial charge in [0.15, 0.2) is 0 Å². The maximum Gasteiger partial charge on any atom is 0.314 e. The molecule has 6 heteroatoms. The molecular formula is C15H20O5S. The van der Waals surface area contributed by atoms with Gasteiger partial charge in [0.05, 0.1) is 12.4 Å². The van der Waals surface area contributed by atoms with E-state index in [0.717, 1.165) is 0 Å². The van der Waals surface area contributed by atoms with Crippen molar-refractivity contribution in [3.63, 3.8) is 0 Å². The van der Waals surface area contributed by atoms with Crippen LogP contribution in [0.2, 0.25) is 0 Å². The SMILES string of the molecule is CCCS(=O)(=O)CCC1(C(=O)O)CCOc2ccccc21. The van der Waals surface area contributed by atoms with Crippen LogP contribution in [0, 0.1) is 0 Å². The Kier molecular flexibility index (Phi) is 4.56. The number of aliphatic carboxylic acids is 1. The van der Waals surface area contributed by atoms with E-state index >= 15 is 0 Å². The van der Waals surface area contributed by atoms with Gasteiger partial charge in [-0.05, 0) is 18.9 Å². The van der Waals surface area contributed by atoms with Gasteiger partial charge < -0.3 is 9.84 Å². The lowest BCUT2D eigenvalue weighted by molar-refractivity contribution is -0.145. The Morgan fingerprint density at radius 1 is 1.33 bits per heavy atom. The highest BCUT2D eigenvalue weighted by molar-refractivity contribution is 7.91. The van der Waals surface area contributed by atoms with Crippen molar-refractivity contribution in [1.29, 1.82) is 0 Å². The summed E-state index contributed by atoms with van der Waals surface area (Å²) in [4.78, 5) is 11.9. The van der Waals surface area contributed by atoms with Crippen LogP contribution in [0.15, 0.2) is 24.3 Å². The van der Waals surface area contributed by atoms with Crippen LogP contribution in [0.4, 0.5) is 0 Å². The summed E-state index contributed by atoms with van der Waals surface area (Å²) in [5.74, 6) is -0.452. The molecule has 1 N–H and O–H groups in total. The summed E-state index contributed by atoms with van der Waals surface area (Å²) >= 11 is 0. The molecule has 0 spiro atoms. The molecule has 1 aliphatic rings. The standard InChI is InChI=1S/C15H20O5S/c1-2-10-21(18,19)11-8-15(14(16)17)7-9-20-13-6-4-3-5-12(13)15/h3-6H,2,7-11H2,1H3,(H,16,17). The third-order valence-corrected chi connectivity index (χ3v) is 5.81. The number of fused-ring (bicyclic) bond motifs is 1. The number of carboxylic acids is 1. The van der Waals surface area contributed by atoms with Crippen molar-refractivity contribution < 1.29 is 23.1 Å². The third kappa shape index (κ3) is 3.20. The number of benzene rings is 1. The fraction of sp³-hybridized carbons (Fsp3) is 0.533. The number of para-hydroxylation sites is 1. The van der Waals surface area contributed by atoms with E-state index < -0.39 is 21.2 Å². The highest BCUT2D eigenvalue weighted by atomic mass is 32.2. The largest absolute Gasteiger partial charge is 0.493 e. The van der Waals surface area contributed by atoms with Crippen molar-refractivity contribution >= 4 is 15.8 Å². The average molecular weight is 312 g/mol. The molecule has 0 aliphatic carbocycles. The molecule has 116 valence electrons. The van der Waals surface area contributed by atoms with E-state index in [-0.39, 0.29) is 24.5 Å². The lowest BCUT2D eigenvalue weighted by Crippen LogP contribution is -2.42. The second-order valence-corrected chi connectivity index (χ2v) is 7.69. The Bertz CT molecular complexity index is 623. The number of carbonyl (C=O) groups is 1. The van der Waals surface area contributed by atoms with Crippen LogP contribution in [0.5, 0.6) is 5.75 Å². The molecule has 2 rings (SSSR count). The topological polar surface area (TPSA) is 80.7 Å². The van der Waals surface area contributed by atoms with Crippen LogP contribution in [0.3, 0.4) is 0 Å². The molecule has 1 aromatic rings. The first-order chi connectivity index (χ1) is 9.91. The smallest absolute Gasteiger partial charge is 0.314 e. The monoisotopic (exact) mass is 312 g/mol. The first kappa shape index (κ1) is 15.8. The van der Waals surface area contributed by atoms with Gasteiger partial charge in [-0.3, -0.25) is 4.79 Å². The minimum atomic E-state index is -3.21. The Balaban J connectivity index is 2.34.